The summed E-state index contributed by atoms with van der Waals surface area (Å²) in [5.74, 6) is 0.898. The number of nitrogens with zero attached hydrogens (tertiary/aromatic N) is 1. The van der Waals surface area contributed by atoms with Crippen LogP contribution in [0, 0.1) is 11.8 Å². The zero-order valence-corrected chi connectivity index (χ0v) is 11.3. The van der Waals surface area contributed by atoms with Gasteiger partial charge in [-0.05, 0) is 18.8 Å². The maximum atomic E-state index is 11.8. The Morgan fingerprint density at radius 1 is 1.39 bits per heavy atom. The van der Waals surface area contributed by atoms with Crippen LogP contribution in [-0.4, -0.2) is 36.9 Å². The van der Waals surface area contributed by atoms with Crippen LogP contribution < -0.4 is 5.32 Å². The third-order valence-electron chi connectivity index (χ3n) is 4.27. The average molecular weight is 252 g/mol. The first kappa shape index (κ1) is 13.4. The molecule has 4 heteroatoms. The van der Waals surface area contributed by atoms with E-state index < -0.39 is 0 Å². The first-order valence-corrected chi connectivity index (χ1v) is 7.18. The lowest BCUT2D eigenvalue weighted by molar-refractivity contribution is -0.128. The largest absolute Gasteiger partial charge is 0.356 e. The van der Waals surface area contributed by atoms with Crippen molar-refractivity contribution < 1.29 is 9.59 Å². The molecule has 0 aromatic rings. The molecule has 0 spiro atoms. The molecule has 0 radical (unpaired) electrons. The minimum atomic E-state index is -0.131. The van der Waals surface area contributed by atoms with E-state index in [4.69, 9.17) is 0 Å². The molecule has 1 atom stereocenters. The molecular weight excluding hydrogens is 228 g/mol. The highest BCUT2D eigenvalue weighted by Crippen LogP contribution is 2.28. The van der Waals surface area contributed by atoms with Crippen LogP contribution in [0.2, 0.25) is 0 Å². The molecule has 2 rings (SSSR count). The second-order valence-corrected chi connectivity index (χ2v) is 5.76. The molecule has 2 aliphatic rings. The highest BCUT2D eigenvalue weighted by Gasteiger charge is 2.31. The van der Waals surface area contributed by atoms with Crippen LogP contribution in [0.4, 0.5) is 0 Å². The van der Waals surface area contributed by atoms with E-state index in [1.807, 2.05) is 0 Å². The number of carbonyl (C=O) groups excluding carboxylic acids is 2. The fourth-order valence-corrected chi connectivity index (χ4v) is 3.08. The van der Waals surface area contributed by atoms with Gasteiger partial charge in [0.15, 0.2) is 0 Å². The lowest BCUT2D eigenvalue weighted by Crippen LogP contribution is -2.32. The Morgan fingerprint density at radius 3 is 2.72 bits per heavy atom. The standard InChI is InChI=1S/C14H24N2O2/c1-16-10-12(9-13(16)17)14(18)15-8-4-7-11-5-2-3-6-11/h11-12H,2-10H2,1H3,(H,15,18)/t12-/m0/s1. The van der Waals surface area contributed by atoms with Gasteiger partial charge in [0, 0.05) is 26.6 Å². The normalized spacial score (nSPS) is 24.8. The Labute approximate surface area is 109 Å². The number of nitrogens with one attached hydrogen (secondary N) is 1. The summed E-state index contributed by atoms with van der Waals surface area (Å²) in [6.07, 6.45) is 8.20. The fourth-order valence-electron chi connectivity index (χ4n) is 3.08. The summed E-state index contributed by atoms with van der Waals surface area (Å²) >= 11 is 0. The molecule has 0 aromatic carbocycles. The van der Waals surface area contributed by atoms with E-state index >= 15 is 0 Å². The van der Waals surface area contributed by atoms with Crippen LogP contribution in [0.3, 0.4) is 0 Å². The molecule has 18 heavy (non-hydrogen) atoms. The minimum absolute atomic E-state index is 0.0547. The lowest BCUT2D eigenvalue weighted by Gasteiger charge is -2.12. The van der Waals surface area contributed by atoms with E-state index in [2.05, 4.69) is 5.32 Å². The van der Waals surface area contributed by atoms with Gasteiger partial charge in [-0.15, -0.1) is 0 Å². The van der Waals surface area contributed by atoms with Gasteiger partial charge in [-0.3, -0.25) is 9.59 Å². The zero-order chi connectivity index (χ0) is 13.0. The van der Waals surface area contributed by atoms with Gasteiger partial charge >= 0.3 is 0 Å². The van der Waals surface area contributed by atoms with Gasteiger partial charge in [0.1, 0.15) is 0 Å². The molecule has 1 saturated carbocycles. The molecule has 1 heterocycles. The Bertz CT molecular complexity index is 311. The number of likely N-dealkylation sites (tertiary alicyclic amines) is 1. The number of hydrogen-bond donors (Lipinski definition) is 1. The zero-order valence-electron chi connectivity index (χ0n) is 11.3. The summed E-state index contributed by atoms with van der Waals surface area (Å²) in [5, 5.41) is 2.97. The SMILES string of the molecule is CN1C[C@@H](C(=O)NCCCC2CCCC2)CC1=O. The van der Waals surface area contributed by atoms with Crippen molar-refractivity contribution in [1.82, 2.24) is 10.2 Å². The number of hydrogen-bond acceptors (Lipinski definition) is 2. The molecule has 1 aliphatic heterocycles. The summed E-state index contributed by atoms with van der Waals surface area (Å²) in [4.78, 5) is 24.8. The van der Waals surface area contributed by atoms with Crippen LogP contribution in [0.5, 0.6) is 0 Å². The average Bonchev–Trinajstić information content (AvgIpc) is 2.96. The van der Waals surface area contributed by atoms with Crippen LogP contribution in [0.25, 0.3) is 0 Å². The van der Waals surface area contributed by atoms with Gasteiger partial charge in [0.25, 0.3) is 0 Å². The van der Waals surface area contributed by atoms with Gasteiger partial charge in [0.05, 0.1) is 5.92 Å². The van der Waals surface area contributed by atoms with Crippen molar-refractivity contribution in [3.05, 3.63) is 0 Å². The van der Waals surface area contributed by atoms with E-state index in [1.165, 1.54) is 32.1 Å². The second kappa shape index (κ2) is 6.21. The molecule has 0 bridgehead atoms. The second-order valence-electron chi connectivity index (χ2n) is 5.76. The molecule has 2 fully saturated rings. The molecule has 1 N–H and O–H groups in total. The molecule has 0 aromatic heterocycles. The van der Waals surface area contributed by atoms with E-state index in [0.717, 1.165) is 18.9 Å². The van der Waals surface area contributed by atoms with Crippen LogP contribution in [-0.2, 0) is 9.59 Å². The highest BCUT2D eigenvalue weighted by molar-refractivity contribution is 5.89. The van der Waals surface area contributed by atoms with Crippen molar-refractivity contribution in [2.75, 3.05) is 20.1 Å². The predicted octanol–water partition coefficient (Wildman–Crippen LogP) is 1.55. The topological polar surface area (TPSA) is 49.4 Å². The third kappa shape index (κ3) is 3.47. The summed E-state index contributed by atoms with van der Waals surface area (Å²) in [6.45, 7) is 1.34. The summed E-state index contributed by atoms with van der Waals surface area (Å²) in [5.41, 5.74) is 0. The Kier molecular flexibility index (Phi) is 4.61. The van der Waals surface area contributed by atoms with Gasteiger partial charge in [-0.1, -0.05) is 25.7 Å². The van der Waals surface area contributed by atoms with Crippen LogP contribution in [0.15, 0.2) is 0 Å². The van der Waals surface area contributed by atoms with Gasteiger partial charge in [0.2, 0.25) is 11.8 Å². The molecule has 102 valence electrons. The molecule has 2 amide bonds. The minimum Gasteiger partial charge on any atom is -0.356 e. The maximum Gasteiger partial charge on any atom is 0.225 e. The summed E-state index contributed by atoms with van der Waals surface area (Å²) in [6, 6.07) is 0. The maximum absolute atomic E-state index is 11.8. The molecule has 1 aliphatic carbocycles. The van der Waals surface area contributed by atoms with Crippen molar-refractivity contribution in [1.29, 1.82) is 0 Å². The first-order chi connectivity index (χ1) is 8.66. The van der Waals surface area contributed by atoms with Crippen molar-refractivity contribution >= 4 is 11.8 Å². The van der Waals surface area contributed by atoms with E-state index in [9.17, 15) is 9.59 Å². The number of rotatable bonds is 5. The predicted molar refractivity (Wildman–Crippen MR) is 69.9 cm³/mol. The number of amides is 2. The first-order valence-electron chi connectivity index (χ1n) is 7.18. The quantitative estimate of drug-likeness (QED) is 0.755. The Balaban J connectivity index is 1.58. The van der Waals surface area contributed by atoms with E-state index in [0.29, 0.717) is 13.0 Å². The third-order valence-corrected chi connectivity index (χ3v) is 4.27. The lowest BCUT2D eigenvalue weighted by atomic mass is 10.0. The Morgan fingerprint density at radius 2 is 2.11 bits per heavy atom. The Hall–Kier alpha value is -1.06. The highest BCUT2D eigenvalue weighted by atomic mass is 16.2. The van der Waals surface area contributed by atoms with Crippen LogP contribution in [0.1, 0.15) is 44.9 Å². The van der Waals surface area contributed by atoms with Crippen molar-refractivity contribution in [2.45, 2.75) is 44.9 Å². The molecule has 4 nitrogen and oxygen atoms in total. The fraction of sp³-hybridized carbons (Fsp3) is 0.857. The van der Waals surface area contributed by atoms with Crippen LogP contribution >= 0.6 is 0 Å². The smallest absolute Gasteiger partial charge is 0.225 e. The van der Waals surface area contributed by atoms with Gasteiger partial charge in [-0.25, -0.2) is 0 Å². The molecule has 1 saturated heterocycles. The molecule has 0 unspecified atom stereocenters. The van der Waals surface area contributed by atoms with Gasteiger partial charge < -0.3 is 10.2 Å². The number of carbonyl (C=O) groups is 2. The van der Waals surface area contributed by atoms with Crippen molar-refractivity contribution in [2.24, 2.45) is 11.8 Å². The monoisotopic (exact) mass is 252 g/mol. The van der Waals surface area contributed by atoms with E-state index in [1.54, 1.807) is 11.9 Å². The van der Waals surface area contributed by atoms with E-state index in [-0.39, 0.29) is 17.7 Å². The van der Waals surface area contributed by atoms with Crippen molar-refractivity contribution in [3.8, 4) is 0 Å². The van der Waals surface area contributed by atoms with Gasteiger partial charge in [-0.2, -0.15) is 0 Å². The summed E-state index contributed by atoms with van der Waals surface area (Å²) in [7, 11) is 1.76. The molecular formula is C14H24N2O2. The summed E-state index contributed by atoms with van der Waals surface area (Å²) < 4.78 is 0. The van der Waals surface area contributed by atoms with Crippen molar-refractivity contribution in [3.63, 3.8) is 0 Å².